The molecule has 1 aliphatic carbocycles. The van der Waals surface area contributed by atoms with Crippen molar-refractivity contribution in [2.24, 2.45) is 0 Å². The van der Waals surface area contributed by atoms with Crippen molar-refractivity contribution in [3.63, 3.8) is 0 Å². The van der Waals surface area contributed by atoms with Crippen LogP contribution >= 0.6 is 11.3 Å². The van der Waals surface area contributed by atoms with Crippen molar-refractivity contribution in [3.05, 3.63) is 17.0 Å². The van der Waals surface area contributed by atoms with Gasteiger partial charge in [-0.15, -0.1) is 11.3 Å². The molecule has 0 bridgehead atoms. The second kappa shape index (κ2) is 5.36. The summed E-state index contributed by atoms with van der Waals surface area (Å²) in [6, 6.07) is 4.90. The Labute approximate surface area is 110 Å². The minimum atomic E-state index is -3.57. The van der Waals surface area contributed by atoms with Crippen LogP contribution in [-0.2, 0) is 10.0 Å². The van der Waals surface area contributed by atoms with E-state index in [4.69, 9.17) is 10.4 Å². The molecule has 5 nitrogen and oxygen atoms in total. The minimum absolute atomic E-state index is 0.00483. The number of sulfonamides is 1. The second-order valence-corrected chi connectivity index (χ2v) is 7.36. The molecule has 1 saturated carbocycles. The molecular formula is C11H14N2O3S2. The molecule has 98 valence electrons. The van der Waals surface area contributed by atoms with Gasteiger partial charge in [0.25, 0.3) is 10.0 Å². The lowest BCUT2D eigenvalue weighted by Gasteiger charge is -2.35. The maximum absolute atomic E-state index is 12.4. The molecule has 0 radical (unpaired) electrons. The topological polar surface area (TPSA) is 81.4 Å². The quantitative estimate of drug-likeness (QED) is 0.880. The molecule has 1 N–H and O–H groups in total. The number of hydrogen-bond acceptors (Lipinski definition) is 5. The molecule has 0 aliphatic heterocycles. The van der Waals surface area contributed by atoms with E-state index in [2.05, 4.69) is 0 Å². The fourth-order valence-electron chi connectivity index (χ4n) is 1.91. The lowest BCUT2D eigenvalue weighted by Crippen LogP contribution is -2.45. The van der Waals surface area contributed by atoms with Gasteiger partial charge in [0.2, 0.25) is 0 Å². The SMILES string of the molecule is N#Cc1ccc(S(=O)(=O)N(CCO)C2CCC2)s1. The predicted molar refractivity (Wildman–Crippen MR) is 67.7 cm³/mol. The first-order valence-corrected chi connectivity index (χ1v) is 7.98. The van der Waals surface area contributed by atoms with Crippen LogP contribution in [0.2, 0.25) is 0 Å². The van der Waals surface area contributed by atoms with E-state index in [0.29, 0.717) is 4.88 Å². The Kier molecular flexibility index (Phi) is 4.02. The molecule has 18 heavy (non-hydrogen) atoms. The molecule has 0 saturated heterocycles. The maximum atomic E-state index is 12.4. The molecular weight excluding hydrogens is 272 g/mol. The molecule has 1 aliphatic rings. The Morgan fingerprint density at radius 3 is 2.67 bits per heavy atom. The standard InChI is InChI=1S/C11H14N2O3S2/c12-8-10-4-5-11(17-10)18(15,16)13(6-7-14)9-2-1-3-9/h4-5,9,14H,1-3,6-7H2. The molecule has 0 amide bonds. The third kappa shape index (κ3) is 2.42. The van der Waals surface area contributed by atoms with Crippen LogP contribution in [0, 0.1) is 11.3 Å². The van der Waals surface area contributed by atoms with Crippen LogP contribution in [0.15, 0.2) is 16.3 Å². The number of aliphatic hydroxyl groups is 1. The summed E-state index contributed by atoms with van der Waals surface area (Å²) in [7, 11) is -3.57. The van der Waals surface area contributed by atoms with E-state index in [1.807, 2.05) is 6.07 Å². The monoisotopic (exact) mass is 286 g/mol. The van der Waals surface area contributed by atoms with Crippen molar-refractivity contribution in [2.75, 3.05) is 13.2 Å². The fraction of sp³-hybridized carbons (Fsp3) is 0.545. The summed E-state index contributed by atoms with van der Waals surface area (Å²) >= 11 is 0.974. The van der Waals surface area contributed by atoms with E-state index in [1.165, 1.54) is 16.4 Å². The van der Waals surface area contributed by atoms with Gasteiger partial charge in [-0.2, -0.15) is 9.57 Å². The van der Waals surface area contributed by atoms with Crippen LogP contribution < -0.4 is 0 Å². The second-order valence-electron chi connectivity index (χ2n) is 4.15. The first-order chi connectivity index (χ1) is 8.59. The number of rotatable bonds is 5. The van der Waals surface area contributed by atoms with Gasteiger partial charge < -0.3 is 5.11 Å². The largest absolute Gasteiger partial charge is 0.395 e. The summed E-state index contributed by atoms with van der Waals surface area (Å²) < 4.78 is 26.3. The highest BCUT2D eigenvalue weighted by Gasteiger charge is 2.35. The first-order valence-electron chi connectivity index (χ1n) is 5.72. The van der Waals surface area contributed by atoms with E-state index in [0.717, 1.165) is 30.6 Å². The molecule has 2 rings (SSSR count). The normalized spacial score (nSPS) is 16.5. The van der Waals surface area contributed by atoms with Gasteiger partial charge in [-0.05, 0) is 25.0 Å². The van der Waals surface area contributed by atoms with E-state index in [-0.39, 0.29) is 23.4 Å². The van der Waals surface area contributed by atoms with Crippen LogP contribution in [0.3, 0.4) is 0 Å². The summed E-state index contributed by atoms with van der Waals surface area (Å²) in [5.74, 6) is 0. The number of nitrogens with zero attached hydrogens (tertiary/aromatic N) is 2. The van der Waals surface area contributed by atoms with Crippen molar-refractivity contribution in [1.82, 2.24) is 4.31 Å². The Bertz CT molecular complexity index is 555. The Morgan fingerprint density at radius 2 is 2.22 bits per heavy atom. The van der Waals surface area contributed by atoms with Crippen molar-refractivity contribution >= 4 is 21.4 Å². The zero-order valence-corrected chi connectivity index (χ0v) is 11.4. The predicted octanol–water partition coefficient (Wildman–Crippen LogP) is 1.16. The lowest BCUT2D eigenvalue weighted by molar-refractivity contribution is 0.178. The van der Waals surface area contributed by atoms with Gasteiger partial charge in [0, 0.05) is 12.6 Å². The highest BCUT2D eigenvalue weighted by molar-refractivity contribution is 7.91. The van der Waals surface area contributed by atoms with Gasteiger partial charge >= 0.3 is 0 Å². The van der Waals surface area contributed by atoms with E-state index in [9.17, 15) is 8.42 Å². The van der Waals surface area contributed by atoms with Crippen LogP contribution in [0.4, 0.5) is 0 Å². The van der Waals surface area contributed by atoms with Crippen molar-refractivity contribution in [1.29, 1.82) is 5.26 Å². The smallest absolute Gasteiger partial charge is 0.252 e. The van der Waals surface area contributed by atoms with Crippen molar-refractivity contribution in [3.8, 4) is 6.07 Å². The Balaban J connectivity index is 2.29. The summed E-state index contributed by atoms with van der Waals surface area (Å²) in [5, 5.41) is 17.7. The van der Waals surface area contributed by atoms with Gasteiger partial charge in [-0.1, -0.05) is 6.42 Å². The molecule has 0 unspecified atom stereocenters. The lowest BCUT2D eigenvalue weighted by atomic mass is 9.93. The van der Waals surface area contributed by atoms with E-state index in [1.54, 1.807) is 0 Å². The maximum Gasteiger partial charge on any atom is 0.252 e. The summed E-state index contributed by atoms with van der Waals surface area (Å²) in [4.78, 5) is 0.381. The summed E-state index contributed by atoms with van der Waals surface area (Å²) in [6.45, 7) is -0.0704. The fourth-order valence-corrected chi connectivity index (χ4v) is 4.82. The zero-order valence-electron chi connectivity index (χ0n) is 9.74. The van der Waals surface area contributed by atoms with E-state index >= 15 is 0 Å². The van der Waals surface area contributed by atoms with Crippen LogP contribution in [0.5, 0.6) is 0 Å². The third-order valence-electron chi connectivity index (χ3n) is 3.06. The van der Waals surface area contributed by atoms with Crippen LogP contribution in [0.25, 0.3) is 0 Å². The average Bonchev–Trinajstić information content (AvgIpc) is 2.75. The highest BCUT2D eigenvalue weighted by Crippen LogP contribution is 2.32. The molecule has 0 atom stereocenters. The molecule has 1 fully saturated rings. The van der Waals surface area contributed by atoms with Crippen molar-refractivity contribution < 1.29 is 13.5 Å². The molecule has 1 aromatic rings. The zero-order chi connectivity index (χ0) is 13.2. The highest BCUT2D eigenvalue weighted by atomic mass is 32.2. The molecule has 0 spiro atoms. The van der Waals surface area contributed by atoms with Crippen LogP contribution in [0.1, 0.15) is 24.1 Å². The van der Waals surface area contributed by atoms with Crippen molar-refractivity contribution in [2.45, 2.75) is 29.5 Å². The molecule has 7 heteroatoms. The van der Waals surface area contributed by atoms with Gasteiger partial charge in [-0.3, -0.25) is 0 Å². The first kappa shape index (κ1) is 13.5. The number of hydrogen-bond donors (Lipinski definition) is 1. The number of aliphatic hydroxyl groups excluding tert-OH is 1. The number of thiophene rings is 1. The summed E-state index contributed by atoms with van der Waals surface area (Å²) in [6.07, 6.45) is 2.71. The number of nitriles is 1. The van der Waals surface area contributed by atoms with Gasteiger partial charge in [0.1, 0.15) is 15.2 Å². The molecule has 0 aromatic carbocycles. The van der Waals surface area contributed by atoms with Gasteiger partial charge in [0.05, 0.1) is 6.61 Å². The van der Waals surface area contributed by atoms with E-state index < -0.39 is 10.0 Å². The third-order valence-corrected chi connectivity index (χ3v) is 6.47. The van der Waals surface area contributed by atoms with Gasteiger partial charge in [-0.25, -0.2) is 8.42 Å². The molecule has 1 aromatic heterocycles. The van der Waals surface area contributed by atoms with Gasteiger partial charge in [0.15, 0.2) is 0 Å². The van der Waals surface area contributed by atoms with Crippen LogP contribution in [-0.4, -0.2) is 37.0 Å². The minimum Gasteiger partial charge on any atom is -0.395 e. The average molecular weight is 286 g/mol. The Hall–Kier alpha value is -0.940. The Morgan fingerprint density at radius 1 is 1.50 bits per heavy atom. The summed E-state index contributed by atoms with van der Waals surface area (Å²) in [5.41, 5.74) is 0. The molecule has 1 heterocycles.